The van der Waals surface area contributed by atoms with E-state index in [0.717, 1.165) is 6.61 Å². The quantitative estimate of drug-likeness (QED) is 0.600. The first-order chi connectivity index (χ1) is 3.71. The van der Waals surface area contributed by atoms with Crippen LogP contribution in [0.5, 0.6) is 0 Å². The van der Waals surface area contributed by atoms with Crippen molar-refractivity contribution in [2.45, 2.75) is 32.0 Å². The Kier molecular flexibility index (Phi) is 4.57. The maximum absolute atomic E-state index is 5.60. The van der Waals surface area contributed by atoms with Gasteiger partial charge in [0, 0.05) is 6.61 Å². The van der Waals surface area contributed by atoms with Gasteiger partial charge in [-0.1, -0.05) is 6.42 Å². The summed E-state index contributed by atoms with van der Waals surface area (Å²) in [5, 5.41) is 0. The van der Waals surface area contributed by atoms with Crippen LogP contribution in [-0.4, -0.2) is 42.2 Å². The second-order valence-electron chi connectivity index (χ2n) is 3.07. The molecule has 0 N–H and O–H groups in total. The summed E-state index contributed by atoms with van der Waals surface area (Å²) >= 11 is 0. The van der Waals surface area contributed by atoms with E-state index in [4.69, 9.17) is 4.43 Å². The Morgan fingerprint density at radius 2 is 1.89 bits per heavy atom. The molecular formula is C6H16OPbSi. The van der Waals surface area contributed by atoms with Gasteiger partial charge in [0.05, 0.1) is 0 Å². The second-order valence-corrected chi connectivity index (χ2v) is 7.37. The van der Waals surface area contributed by atoms with Crippen molar-refractivity contribution in [3.05, 3.63) is 0 Å². The van der Waals surface area contributed by atoms with Crippen molar-refractivity contribution in [3.63, 3.8) is 0 Å². The predicted molar refractivity (Wildman–Crippen MR) is 46.0 cm³/mol. The number of rotatable bonds is 0. The van der Waals surface area contributed by atoms with E-state index in [2.05, 4.69) is 13.1 Å². The van der Waals surface area contributed by atoms with E-state index < -0.39 is 8.32 Å². The van der Waals surface area contributed by atoms with E-state index in [0.29, 0.717) is 0 Å². The monoisotopic (exact) mass is 340 g/mol. The van der Waals surface area contributed by atoms with Crippen molar-refractivity contribution in [2.24, 2.45) is 0 Å². The van der Waals surface area contributed by atoms with Crippen molar-refractivity contribution in [1.29, 1.82) is 0 Å². The van der Waals surface area contributed by atoms with E-state index in [1.54, 1.807) is 0 Å². The Morgan fingerprint density at radius 3 is 2.11 bits per heavy atom. The molecule has 3 heteroatoms. The van der Waals surface area contributed by atoms with Gasteiger partial charge in [-0.25, -0.2) is 0 Å². The maximum atomic E-state index is 5.60. The van der Waals surface area contributed by atoms with Gasteiger partial charge in [-0.05, 0) is 25.6 Å². The summed E-state index contributed by atoms with van der Waals surface area (Å²) in [6.45, 7) is 5.62. The average molecular weight is 339 g/mol. The van der Waals surface area contributed by atoms with Crippen molar-refractivity contribution < 1.29 is 4.43 Å². The Morgan fingerprint density at radius 1 is 1.22 bits per heavy atom. The molecule has 1 aliphatic rings. The van der Waals surface area contributed by atoms with Crippen molar-refractivity contribution in [1.82, 2.24) is 0 Å². The van der Waals surface area contributed by atoms with Gasteiger partial charge in [-0.2, -0.15) is 0 Å². The fourth-order valence-corrected chi connectivity index (χ4v) is 3.02. The third kappa shape index (κ3) is 3.72. The van der Waals surface area contributed by atoms with E-state index in [-0.39, 0.29) is 27.3 Å². The molecule has 1 aliphatic heterocycles. The van der Waals surface area contributed by atoms with Gasteiger partial charge >= 0.3 is 27.3 Å². The number of hydrogen-bond donors (Lipinski definition) is 0. The molecule has 0 aromatic heterocycles. The molecule has 1 nitrogen and oxygen atoms in total. The molecule has 0 atom stereocenters. The summed E-state index contributed by atoms with van der Waals surface area (Å²) in [5.74, 6) is 0. The molecule has 0 amide bonds. The molecule has 1 rings (SSSR count). The van der Waals surface area contributed by atoms with Crippen LogP contribution in [0.2, 0.25) is 19.1 Å². The summed E-state index contributed by atoms with van der Waals surface area (Å²) in [6, 6.07) is 1.37. The third-order valence-corrected chi connectivity index (χ3v) is 4.21. The first-order valence-corrected chi connectivity index (χ1v) is 6.46. The first-order valence-electron chi connectivity index (χ1n) is 3.35. The topological polar surface area (TPSA) is 9.23 Å². The molecule has 0 saturated carbocycles. The molecule has 9 heavy (non-hydrogen) atoms. The van der Waals surface area contributed by atoms with E-state index >= 15 is 0 Å². The standard InChI is InChI=1S/C6H14OSi.Pb.2H/c1-8(2)6-4-3-5-7-8;;;/h3-6H2,1-2H3;;;. The molecule has 0 unspecified atom stereocenters. The van der Waals surface area contributed by atoms with E-state index in [9.17, 15) is 0 Å². The molecule has 1 saturated heterocycles. The summed E-state index contributed by atoms with van der Waals surface area (Å²) in [5.41, 5.74) is 0. The van der Waals surface area contributed by atoms with Crippen LogP contribution in [0.25, 0.3) is 0 Å². The van der Waals surface area contributed by atoms with Gasteiger partial charge in [0.25, 0.3) is 0 Å². The van der Waals surface area contributed by atoms with Gasteiger partial charge < -0.3 is 4.43 Å². The Hall–Kier alpha value is 1.10. The zero-order valence-corrected chi connectivity index (χ0v) is 12.9. The van der Waals surface area contributed by atoms with Crippen molar-refractivity contribution >= 4 is 35.6 Å². The molecule has 0 aromatic rings. The van der Waals surface area contributed by atoms with Crippen LogP contribution in [0.4, 0.5) is 0 Å². The van der Waals surface area contributed by atoms with Crippen molar-refractivity contribution in [2.75, 3.05) is 6.61 Å². The third-order valence-electron chi connectivity index (χ3n) is 1.67. The molecule has 0 aliphatic carbocycles. The molecular weight excluding hydrogens is 323 g/mol. The molecule has 1 heterocycles. The summed E-state index contributed by atoms with van der Waals surface area (Å²) in [7, 11) is -1.09. The van der Waals surface area contributed by atoms with Gasteiger partial charge in [-0.3, -0.25) is 0 Å². The van der Waals surface area contributed by atoms with Gasteiger partial charge in [0.15, 0.2) is 8.32 Å². The summed E-state index contributed by atoms with van der Waals surface area (Å²) in [4.78, 5) is 0. The molecule has 54 valence electrons. The van der Waals surface area contributed by atoms with Gasteiger partial charge in [0.2, 0.25) is 0 Å². The first kappa shape index (κ1) is 10.1. The van der Waals surface area contributed by atoms with Crippen LogP contribution in [0.3, 0.4) is 0 Å². The zero-order chi connectivity index (χ0) is 6.04. The van der Waals surface area contributed by atoms with E-state index in [1.165, 1.54) is 18.9 Å². The SMILES string of the molecule is C[Si]1(C)CCCCO1.[PbH2]. The van der Waals surface area contributed by atoms with Crippen LogP contribution in [0, 0.1) is 0 Å². The molecule has 0 bridgehead atoms. The van der Waals surface area contributed by atoms with Crippen LogP contribution in [-0.2, 0) is 4.43 Å². The normalized spacial score (nSPS) is 24.7. The van der Waals surface area contributed by atoms with Gasteiger partial charge in [-0.15, -0.1) is 0 Å². The fourth-order valence-electron chi connectivity index (χ4n) is 1.07. The molecule has 1 fully saturated rings. The second kappa shape index (κ2) is 4.08. The summed E-state index contributed by atoms with van der Waals surface area (Å²) < 4.78 is 5.60. The van der Waals surface area contributed by atoms with Crippen LogP contribution < -0.4 is 0 Å². The van der Waals surface area contributed by atoms with Gasteiger partial charge in [0.1, 0.15) is 0 Å². The fraction of sp³-hybridized carbons (Fsp3) is 1.00. The Bertz CT molecular complexity index is 77.1. The molecule has 0 spiro atoms. The Balaban J connectivity index is 0.000000640. The van der Waals surface area contributed by atoms with E-state index in [1.807, 2.05) is 0 Å². The van der Waals surface area contributed by atoms with Crippen LogP contribution in [0.1, 0.15) is 12.8 Å². The van der Waals surface area contributed by atoms with Crippen LogP contribution in [0.15, 0.2) is 0 Å². The summed E-state index contributed by atoms with van der Waals surface area (Å²) in [6.07, 6.45) is 2.69. The predicted octanol–water partition coefficient (Wildman–Crippen LogP) is 1.09. The minimum absolute atomic E-state index is 0. The van der Waals surface area contributed by atoms with Crippen molar-refractivity contribution in [3.8, 4) is 0 Å². The minimum atomic E-state index is -1.09. The molecule has 0 aromatic carbocycles. The number of hydrogen-bond acceptors (Lipinski definition) is 1. The molecule has 2 radical (unpaired) electrons. The van der Waals surface area contributed by atoms with Crippen LogP contribution >= 0.6 is 0 Å². The average Bonchev–Trinajstić information content (AvgIpc) is 1.65. The Labute approximate surface area is 78.5 Å². The zero-order valence-electron chi connectivity index (χ0n) is 6.44.